The lowest BCUT2D eigenvalue weighted by Crippen LogP contribution is -2.13. The molecule has 0 atom stereocenters. The second kappa shape index (κ2) is 8.86. The maximum atomic E-state index is 11.9. The molecular weight excluding hydrogens is 340 g/mol. The summed E-state index contributed by atoms with van der Waals surface area (Å²) in [7, 11) is 0. The molecule has 0 radical (unpaired) electrons. The molecule has 2 aromatic rings. The molecule has 0 spiro atoms. The van der Waals surface area contributed by atoms with Crippen LogP contribution >= 0.6 is 11.6 Å². The van der Waals surface area contributed by atoms with Crippen molar-refractivity contribution >= 4 is 29.0 Å². The van der Waals surface area contributed by atoms with Gasteiger partial charge in [0.25, 0.3) is 0 Å². The van der Waals surface area contributed by atoms with Gasteiger partial charge in [-0.1, -0.05) is 11.6 Å². The van der Waals surface area contributed by atoms with E-state index >= 15 is 0 Å². The van der Waals surface area contributed by atoms with Crippen molar-refractivity contribution in [2.24, 2.45) is 0 Å². The number of nitriles is 1. The van der Waals surface area contributed by atoms with E-state index in [9.17, 15) is 9.59 Å². The molecular formula is C19H17ClN2O3. The Morgan fingerprint density at radius 2 is 1.92 bits per heavy atom. The van der Waals surface area contributed by atoms with Gasteiger partial charge >= 0.3 is 0 Å². The Balaban J connectivity index is 1.75. The highest BCUT2D eigenvalue weighted by Crippen LogP contribution is 2.20. The van der Waals surface area contributed by atoms with E-state index in [2.05, 4.69) is 5.32 Å². The molecule has 0 aliphatic carbocycles. The van der Waals surface area contributed by atoms with Crippen LogP contribution in [-0.2, 0) is 4.79 Å². The number of rotatable bonds is 7. The van der Waals surface area contributed by atoms with Gasteiger partial charge in [0.1, 0.15) is 11.8 Å². The van der Waals surface area contributed by atoms with Gasteiger partial charge in [0.2, 0.25) is 5.91 Å². The van der Waals surface area contributed by atoms with Gasteiger partial charge in [-0.3, -0.25) is 9.59 Å². The van der Waals surface area contributed by atoms with E-state index in [-0.39, 0.29) is 18.1 Å². The van der Waals surface area contributed by atoms with E-state index in [1.807, 2.05) is 6.07 Å². The molecule has 25 heavy (non-hydrogen) atoms. The van der Waals surface area contributed by atoms with Crippen molar-refractivity contribution in [3.63, 3.8) is 0 Å². The molecule has 0 heterocycles. The van der Waals surface area contributed by atoms with Gasteiger partial charge in [-0.15, -0.1) is 0 Å². The molecule has 2 rings (SSSR count). The number of anilines is 1. The minimum absolute atomic E-state index is 0.00461. The number of benzene rings is 2. The fourth-order valence-electron chi connectivity index (χ4n) is 2.12. The summed E-state index contributed by atoms with van der Waals surface area (Å²) < 4.78 is 5.54. The Morgan fingerprint density at radius 1 is 1.20 bits per heavy atom. The van der Waals surface area contributed by atoms with Crippen LogP contribution < -0.4 is 10.1 Å². The van der Waals surface area contributed by atoms with Gasteiger partial charge in [-0.2, -0.15) is 5.26 Å². The molecule has 0 unspecified atom stereocenters. The summed E-state index contributed by atoms with van der Waals surface area (Å²) in [5, 5.41) is 12.0. The van der Waals surface area contributed by atoms with Crippen LogP contribution in [0.1, 0.15) is 35.7 Å². The normalized spacial score (nSPS) is 9.96. The molecule has 5 nitrogen and oxygen atoms in total. The smallest absolute Gasteiger partial charge is 0.224 e. The van der Waals surface area contributed by atoms with Gasteiger partial charge in [0.15, 0.2) is 5.78 Å². The summed E-state index contributed by atoms with van der Waals surface area (Å²) in [5.74, 6) is 0.494. The number of nitrogens with one attached hydrogen (secondary N) is 1. The first-order chi connectivity index (χ1) is 12.0. The minimum atomic E-state index is -0.165. The minimum Gasteiger partial charge on any atom is -0.494 e. The van der Waals surface area contributed by atoms with Gasteiger partial charge in [-0.25, -0.2) is 0 Å². The third-order valence-corrected chi connectivity index (χ3v) is 3.78. The second-order valence-electron chi connectivity index (χ2n) is 5.39. The van der Waals surface area contributed by atoms with Gasteiger partial charge in [0.05, 0.1) is 17.2 Å². The first kappa shape index (κ1) is 18.5. The predicted octanol–water partition coefficient (Wildman–Crippen LogP) is 4.21. The number of nitrogens with zero attached hydrogens (tertiary/aromatic N) is 1. The van der Waals surface area contributed by atoms with E-state index in [0.29, 0.717) is 40.6 Å². The number of amides is 1. The molecule has 0 bridgehead atoms. The first-order valence-corrected chi connectivity index (χ1v) is 8.10. The number of hydrogen-bond acceptors (Lipinski definition) is 4. The van der Waals surface area contributed by atoms with Gasteiger partial charge < -0.3 is 10.1 Å². The van der Waals surface area contributed by atoms with Crippen LogP contribution in [0.4, 0.5) is 5.69 Å². The molecule has 0 aliphatic heterocycles. The summed E-state index contributed by atoms with van der Waals surface area (Å²) in [4.78, 5) is 23.1. The summed E-state index contributed by atoms with van der Waals surface area (Å²) in [6.45, 7) is 1.89. The van der Waals surface area contributed by atoms with Gasteiger partial charge in [0, 0.05) is 17.7 Å². The van der Waals surface area contributed by atoms with E-state index < -0.39 is 0 Å². The van der Waals surface area contributed by atoms with E-state index in [1.165, 1.54) is 13.0 Å². The second-order valence-corrected chi connectivity index (χ2v) is 5.79. The monoisotopic (exact) mass is 356 g/mol. The number of Topliss-reactive ketones (excluding diaryl/α,β-unsaturated/α-hetero) is 1. The molecule has 1 amide bonds. The van der Waals surface area contributed by atoms with E-state index in [4.69, 9.17) is 21.6 Å². The van der Waals surface area contributed by atoms with E-state index in [0.717, 1.165) is 0 Å². The van der Waals surface area contributed by atoms with Crippen molar-refractivity contribution in [3.05, 3.63) is 58.6 Å². The molecule has 6 heteroatoms. The lowest BCUT2D eigenvalue weighted by atomic mass is 10.1. The number of carbonyl (C=O) groups is 2. The van der Waals surface area contributed by atoms with Crippen molar-refractivity contribution in [1.82, 2.24) is 0 Å². The van der Waals surface area contributed by atoms with Crippen molar-refractivity contribution in [3.8, 4) is 11.8 Å². The zero-order chi connectivity index (χ0) is 18.2. The third-order valence-electron chi connectivity index (χ3n) is 3.45. The first-order valence-electron chi connectivity index (χ1n) is 7.73. The fraction of sp³-hybridized carbons (Fsp3) is 0.211. The molecule has 0 aromatic heterocycles. The number of ether oxygens (including phenoxy) is 1. The van der Waals surface area contributed by atoms with Crippen LogP contribution in [0.15, 0.2) is 42.5 Å². The highest BCUT2D eigenvalue weighted by atomic mass is 35.5. The topological polar surface area (TPSA) is 79.2 Å². The Bertz CT molecular complexity index is 810. The SMILES string of the molecule is CC(=O)c1ccc(OCCCC(=O)Nc2ccc(Cl)c(C#N)c2)cc1. The average Bonchev–Trinajstić information content (AvgIpc) is 2.60. The maximum Gasteiger partial charge on any atom is 0.224 e. The van der Waals surface area contributed by atoms with Crippen LogP contribution in [0, 0.1) is 11.3 Å². The van der Waals surface area contributed by atoms with Crippen molar-refractivity contribution < 1.29 is 14.3 Å². The fourth-order valence-corrected chi connectivity index (χ4v) is 2.28. The van der Waals surface area contributed by atoms with Crippen molar-refractivity contribution in [2.75, 3.05) is 11.9 Å². The molecule has 1 N–H and O–H groups in total. The molecule has 0 fully saturated rings. The summed E-state index contributed by atoms with van der Waals surface area (Å²) >= 11 is 5.85. The van der Waals surface area contributed by atoms with Gasteiger partial charge in [-0.05, 0) is 55.8 Å². The van der Waals surface area contributed by atoms with Crippen LogP contribution in [0.3, 0.4) is 0 Å². The molecule has 0 saturated carbocycles. The molecule has 128 valence electrons. The summed E-state index contributed by atoms with van der Waals surface area (Å²) in [5.41, 5.74) is 1.48. The Kier molecular flexibility index (Phi) is 6.55. The standard InChI is InChI=1S/C19H17ClN2O3/c1-13(23)14-4-7-17(8-5-14)25-10-2-3-19(24)22-16-6-9-18(20)15(11-16)12-21/h4-9,11H,2-3,10H2,1H3,(H,22,24). The zero-order valence-corrected chi connectivity index (χ0v) is 14.5. The van der Waals surface area contributed by atoms with Crippen LogP contribution in [0.2, 0.25) is 5.02 Å². The highest BCUT2D eigenvalue weighted by molar-refractivity contribution is 6.31. The molecule has 0 saturated heterocycles. The maximum absolute atomic E-state index is 11.9. The number of halogens is 1. The number of ketones is 1. The Hall–Kier alpha value is -2.84. The summed E-state index contributed by atoms with van der Waals surface area (Å²) in [6, 6.07) is 13.6. The highest BCUT2D eigenvalue weighted by Gasteiger charge is 2.06. The Morgan fingerprint density at radius 3 is 2.56 bits per heavy atom. The van der Waals surface area contributed by atoms with Crippen LogP contribution in [-0.4, -0.2) is 18.3 Å². The lowest BCUT2D eigenvalue weighted by Gasteiger charge is -2.08. The van der Waals surface area contributed by atoms with E-state index in [1.54, 1.807) is 36.4 Å². The molecule has 2 aromatic carbocycles. The third kappa shape index (κ3) is 5.63. The quantitative estimate of drug-likeness (QED) is 0.595. The van der Waals surface area contributed by atoms with Crippen molar-refractivity contribution in [1.29, 1.82) is 5.26 Å². The van der Waals surface area contributed by atoms with Crippen molar-refractivity contribution in [2.45, 2.75) is 19.8 Å². The van der Waals surface area contributed by atoms with Crippen LogP contribution in [0.25, 0.3) is 0 Å². The Labute approximate surface area is 151 Å². The van der Waals surface area contributed by atoms with Crippen LogP contribution in [0.5, 0.6) is 5.75 Å². The lowest BCUT2D eigenvalue weighted by molar-refractivity contribution is -0.116. The number of carbonyl (C=O) groups excluding carboxylic acids is 2. The number of hydrogen-bond donors (Lipinski definition) is 1. The zero-order valence-electron chi connectivity index (χ0n) is 13.7. The average molecular weight is 357 g/mol. The largest absolute Gasteiger partial charge is 0.494 e. The molecule has 0 aliphatic rings. The summed E-state index contributed by atoms with van der Waals surface area (Å²) in [6.07, 6.45) is 0.828. The predicted molar refractivity (Wildman–Crippen MR) is 96.0 cm³/mol.